The number of phosphoric acid groups is 1. The minimum atomic E-state index is -4.70. The summed E-state index contributed by atoms with van der Waals surface area (Å²) in [6.07, 6.45) is -2.45. The normalized spacial score (nSPS) is 29.3. The molecule has 6 N–H and O–H groups in total. The Labute approximate surface area is 130 Å². The lowest BCUT2D eigenvalue weighted by Crippen LogP contribution is -2.32. The fraction of sp³-hybridized carbons (Fsp3) is 0.500. The molecule has 0 bridgehead atoms. The Morgan fingerprint density at radius 1 is 1.30 bits per heavy atom. The first-order valence-electron chi connectivity index (χ1n) is 6.42. The van der Waals surface area contributed by atoms with Gasteiger partial charge in [-0.25, -0.2) is 19.5 Å². The standard InChI is InChI=1S/C10H14N4O7P2/c11-8-5-9(13-2-12-8)22(3-14-5)10-7(16)6(15)4(21-10)1-20-23(17,18)19/h2-4,6-7,10,15-16H,1H2,(H2,11,12,13)(H2,17,18,19). The molecule has 1 aliphatic heterocycles. The number of aliphatic hydroxyl groups is 2. The number of anilines is 1. The van der Waals surface area contributed by atoms with E-state index in [1.54, 1.807) is 0 Å². The Morgan fingerprint density at radius 3 is 2.74 bits per heavy atom. The highest BCUT2D eigenvalue weighted by molar-refractivity contribution is 7.54. The Morgan fingerprint density at radius 2 is 2.04 bits per heavy atom. The van der Waals surface area contributed by atoms with Crippen LogP contribution in [0.2, 0.25) is 0 Å². The monoisotopic (exact) mass is 364 g/mol. The summed E-state index contributed by atoms with van der Waals surface area (Å²) in [4.78, 5) is 29.5. The number of nitrogens with zero attached hydrogens (tertiary/aromatic N) is 3. The molecular weight excluding hydrogens is 350 g/mol. The zero-order valence-electron chi connectivity index (χ0n) is 11.5. The lowest BCUT2D eigenvalue weighted by atomic mass is 10.2. The van der Waals surface area contributed by atoms with Gasteiger partial charge in [0.05, 0.1) is 12.5 Å². The zero-order valence-corrected chi connectivity index (χ0v) is 13.3. The van der Waals surface area contributed by atoms with Gasteiger partial charge in [0, 0.05) is 0 Å². The maximum atomic E-state index is 10.7. The van der Waals surface area contributed by atoms with Gasteiger partial charge in [0.25, 0.3) is 0 Å². The number of hydrogen-bond acceptors (Lipinski definition) is 9. The van der Waals surface area contributed by atoms with Gasteiger partial charge in [-0.15, -0.1) is 0 Å². The zero-order chi connectivity index (χ0) is 16.8. The first-order chi connectivity index (χ1) is 10.8. The molecule has 0 saturated carbocycles. The predicted octanol–water partition coefficient (Wildman–Crippen LogP) is -0.678. The van der Waals surface area contributed by atoms with Crippen LogP contribution in [0, 0.1) is 0 Å². The van der Waals surface area contributed by atoms with E-state index in [0.29, 0.717) is 10.8 Å². The van der Waals surface area contributed by atoms with E-state index in [-0.39, 0.29) is 5.82 Å². The molecule has 126 valence electrons. The largest absolute Gasteiger partial charge is 0.469 e. The van der Waals surface area contributed by atoms with Crippen molar-refractivity contribution in [2.24, 2.45) is 0 Å². The summed E-state index contributed by atoms with van der Waals surface area (Å²) in [5, 5.41) is 20.7. The van der Waals surface area contributed by atoms with Crippen LogP contribution in [0.5, 0.6) is 0 Å². The highest BCUT2D eigenvalue weighted by atomic mass is 31.2. The van der Waals surface area contributed by atoms with Crippen LogP contribution in [0.1, 0.15) is 5.85 Å². The first-order valence-corrected chi connectivity index (χ1v) is 9.43. The fourth-order valence-corrected chi connectivity index (χ4v) is 4.78. The molecule has 5 unspecified atom stereocenters. The van der Waals surface area contributed by atoms with Crippen molar-refractivity contribution in [3.63, 3.8) is 0 Å². The molecule has 2 aromatic rings. The van der Waals surface area contributed by atoms with E-state index in [9.17, 15) is 14.8 Å². The molecule has 1 saturated heterocycles. The number of aliphatic hydroxyl groups excluding tert-OH is 2. The van der Waals surface area contributed by atoms with E-state index in [1.165, 1.54) is 12.3 Å². The number of rotatable bonds is 4. The number of ether oxygens (including phenoxy) is 1. The van der Waals surface area contributed by atoms with Gasteiger partial charge in [0.15, 0.2) is 5.82 Å². The molecule has 3 heterocycles. The summed E-state index contributed by atoms with van der Waals surface area (Å²) in [5.74, 6) is 0.896. The third kappa shape index (κ3) is 3.23. The number of phosphoric ester groups is 1. The highest BCUT2D eigenvalue weighted by Crippen LogP contribution is 2.52. The average Bonchev–Trinajstić information content (AvgIpc) is 3.01. The maximum Gasteiger partial charge on any atom is 0.469 e. The molecule has 2 aromatic heterocycles. The molecule has 0 aliphatic carbocycles. The van der Waals surface area contributed by atoms with Gasteiger partial charge >= 0.3 is 7.82 Å². The highest BCUT2D eigenvalue weighted by Gasteiger charge is 2.45. The molecule has 0 spiro atoms. The van der Waals surface area contributed by atoms with Crippen LogP contribution in [0.15, 0.2) is 12.3 Å². The summed E-state index contributed by atoms with van der Waals surface area (Å²) in [6.45, 7) is -0.557. The van der Waals surface area contributed by atoms with E-state index < -0.39 is 46.1 Å². The molecule has 5 atom stereocenters. The van der Waals surface area contributed by atoms with Crippen molar-refractivity contribution in [3.05, 3.63) is 12.3 Å². The second-order valence-electron chi connectivity index (χ2n) is 4.92. The predicted molar refractivity (Wildman–Crippen MR) is 78.4 cm³/mol. The van der Waals surface area contributed by atoms with E-state index in [2.05, 4.69) is 19.5 Å². The third-order valence-corrected chi connectivity index (χ3v) is 6.05. The number of nitrogen functional groups attached to an aromatic ring is 1. The van der Waals surface area contributed by atoms with Crippen molar-refractivity contribution >= 4 is 31.9 Å². The van der Waals surface area contributed by atoms with Gasteiger partial charge in [-0.3, -0.25) is 4.52 Å². The molecule has 1 aliphatic rings. The topological polar surface area (TPSA) is 181 Å². The summed E-state index contributed by atoms with van der Waals surface area (Å²) < 4.78 is 20.6. The number of hydrogen-bond donors (Lipinski definition) is 5. The van der Waals surface area contributed by atoms with Gasteiger partial charge in [-0.2, -0.15) is 0 Å². The third-order valence-electron chi connectivity index (χ3n) is 3.41. The lowest BCUT2D eigenvalue weighted by molar-refractivity contribution is -0.0123. The molecule has 13 heteroatoms. The van der Waals surface area contributed by atoms with Crippen molar-refractivity contribution in [1.82, 2.24) is 15.0 Å². The molecule has 0 aromatic carbocycles. The van der Waals surface area contributed by atoms with Gasteiger partial charge in [0.1, 0.15) is 41.2 Å². The summed E-state index contributed by atoms with van der Waals surface area (Å²) in [6, 6.07) is 0. The second kappa shape index (κ2) is 6.04. The SMILES string of the molecule is Nc1ncnc2c1ncp2C1OC(COP(=O)(O)O)C(O)C1O. The minimum Gasteiger partial charge on any atom is -0.387 e. The van der Waals surface area contributed by atoms with Crippen molar-refractivity contribution in [3.8, 4) is 0 Å². The van der Waals surface area contributed by atoms with E-state index >= 15 is 0 Å². The van der Waals surface area contributed by atoms with Crippen LogP contribution in [-0.4, -0.2) is 59.9 Å². The second-order valence-corrected chi connectivity index (χ2v) is 8.13. The molecule has 11 nitrogen and oxygen atoms in total. The number of nitrogens with two attached hydrogens (primary N) is 1. The molecule has 3 rings (SSSR count). The van der Waals surface area contributed by atoms with Crippen molar-refractivity contribution in [2.75, 3.05) is 12.3 Å². The Kier molecular flexibility index (Phi) is 4.39. The van der Waals surface area contributed by atoms with Crippen molar-refractivity contribution in [1.29, 1.82) is 0 Å². The number of aromatic nitrogens is 3. The van der Waals surface area contributed by atoms with Crippen LogP contribution < -0.4 is 5.73 Å². The Balaban J connectivity index is 1.85. The fourth-order valence-electron chi connectivity index (χ4n) is 2.32. The van der Waals surface area contributed by atoms with Crippen molar-refractivity contribution < 1.29 is 33.8 Å². The molecular formula is C10H14N4O7P2. The Hall–Kier alpha value is -1.16. The van der Waals surface area contributed by atoms with E-state index in [1.807, 2.05) is 0 Å². The van der Waals surface area contributed by atoms with Gasteiger partial charge in [-0.1, -0.05) is 0 Å². The molecule has 0 radical (unpaired) electrons. The lowest BCUT2D eigenvalue weighted by Gasteiger charge is -2.14. The average molecular weight is 364 g/mol. The van der Waals surface area contributed by atoms with E-state index in [0.717, 1.165) is 0 Å². The quantitative estimate of drug-likeness (QED) is 0.434. The van der Waals surface area contributed by atoms with Crippen LogP contribution >= 0.6 is 15.4 Å². The van der Waals surface area contributed by atoms with Crippen LogP contribution in [-0.2, 0) is 13.8 Å². The van der Waals surface area contributed by atoms with Crippen molar-refractivity contribution in [2.45, 2.75) is 24.2 Å². The maximum absolute atomic E-state index is 10.7. The van der Waals surface area contributed by atoms with Crippen LogP contribution in [0.3, 0.4) is 0 Å². The first kappa shape index (κ1) is 16.7. The van der Waals surface area contributed by atoms with Crippen LogP contribution in [0.4, 0.5) is 5.82 Å². The smallest absolute Gasteiger partial charge is 0.387 e. The summed E-state index contributed by atoms with van der Waals surface area (Å²) in [5.41, 5.74) is 6.11. The summed E-state index contributed by atoms with van der Waals surface area (Å²) in [7, 11) is -6.01. The van der Waals surface area contributed by atoms with Gasteiger partial charge < -0.3 is 30.5 Å². The van der Waals surface area contributed by atoms with E-state index in [4.69, 9.17) is 20.3 Å². The Bertz CT molecular complexity index is 765. The summed E-state index contributed by atoms with van der Waals surface area (Å²) >= 11 is 0. The van der Waals surface area contributed by atoms with Gasteiger partial charge in [0.2, 0.25) is 0 Å². The molecule has 23 heavy (non-hydrogen) atoms. The molecule has 0 amide bonds. The van der Waals surface area contributed by atoms with Gasteiger partial charge in [-0.05, 0) is 7.53 Å². The number of fused-ring (bicyclic) bond motifs is 1. The molecule has 1 fully saturated rings. The van der Waals surface area contributed by atoms with Crippen LogP contribution in [0.25, 0.3) is 10.8 Å². The minimum absolute atomic E-state index is 0.200.